The van der Waals surface area contributed by atoms with Crippen molar-refractivity contribution in [2.45, 2.75) is 47.0 Å². The first-order valence-corrected chi connectivity index (χ1v) is 9.76. The van der Waals surface area contributed by atoms with Crippen LogP contribution >= 0.6 is 0 Å². The van der Waals surface area contributed by atoms with E-state index in [0.29, 0.717) is 11.6 Å². The Balaban J connectivity index is 1.73. The molecule has 0 unspecified atom stereocenters. The second-order valence-electron chi connectivity index (χ2n) is 8.67. The molecule has 0 spiro atoms. The van der Waals surface area contributed by atoms with Crippen LogP contribution in [0.2, 0.25) is 0 Å². The van der Waals surface area contributed by atoms with E-state index in [9.17, 15) is 4.39 Å². The van der Waals surface area contributed by atoms with E-state index in [0.717, 1.165) is 53.9 Å². The number of nitrogens with zero attached hydrogens (tertiary/aromatic N) is 4. The molecule has 0 fully saturated rings. The molecule has 28 heavy (non-hydrogen) atoms. The molecule has 0 saturated carbocycles. The quantitative estimate of drug-likeness (QED) is 0.710. The van der Waals surface area contributed by atoms with Gasteiger partial charge in [-0.2, -0.15) is 0 Å². The fourth-order valence-electron chi connectivity index (χ4n) is 3.49. The summed E-state index contributed by atoms with van der Waals surface area (Å²) >= 11 is 0. The average molecular weight is 379 g/mol. The lowest BCUT2D eigenvalue weighted by Gasteiger charge is -2.19. The molecule has 0 aromatic carbocycles. The van der Waals surface area contributed by atoms with Crippen LogP contribution in [0, 0.1) is 18.2 Å². The van der Waals surface area contributed by atoms with Gasteiger partial charge in [0.1, 0.15) is 0 Å². The van der Waals surface area contributed by atoms with Gasteiger partial charge in [-0.25, -0.2) is 19.3 Å². The van der Waals surface area contributed by atoms with E-state index in [4.69, 9.17) is 4.98 Å². The van der Waals surface area contributed by atoms with Crippen LogP contribution in [0.1, 0.15) is 56.1 Å². The zero-order valence-corrected chi connectivity index (χ0v) is 16.9. The molecule has 0 bridgehead atoms. The highest BCUT2D eigenvalue weighted by Gasteiger charge is 2.19. The molecule has 3 aromatic rings. The minimum atomic E-state index is -0.318. The number of aryl methyl sites for hydroxylation is 2. The van der Waals surface area contributed by atoms with Gasteiger partial charge in [-0.15, -0.1) is 0 Å². The molecule has 4 rings (SSSR count). The second-order valence-corrected chi connectivity index (χ2v) is 8.67. The van der Waals surface area contributed by atoms with E-state index in [1.807, 2.05) is 25.5 Å². The third kappa shape index (κ3) is 3.77. The van der Waals surface area contributed by atoms with Crippen molar-refractivity contribution in [2.24, 2.45) is 5.41 Å². The Morgan fingerprint density at radius 1 is 1.21 bits per heavy atom. The Labute approximate surface area is 164 Å². The lowest BCUT2D eigenvalue weighted by Crippen LogP contribution is -2.20. The number of imidazole rings is 1. The number of halogens is 1. The van der Waals surface area contributed by atoms with E-state index in [1.165, 1.54) is 0 Å². The zero-order valence-electron chi connectivity index (χ0n) is 16.9. The molecule has 3 aromatic heterocycles. The van der Waals surface area contributed by atoms with Crippen LogP contribution in [-0.2, 0) is 6.42 Å². The molecule has 1 aliphatic rings. The molecule has 1 aliphatic carbocycles. The molecule has 0 saturated heterocycles. The first kappa shape index (κ1) is 18.6. The monoisotopic (exact) mass is 379 g/mol. The van der Waals surface area contributed by atoms with Crippen molar-refractivity contribution in [2.75, 3.05) is 11.9 Å². The summed E-state index contributed by atoms with van der Waals surface area (Å²) in [5.41, 5.74) is 5.10. The second kappa shape index (κ2) is 7.00. The summed E-state index contributed by atoms with van der Waals surface area (Å²) < 4.78 is 16.4. The topological polar surface area (TPSA) is 55.1 Å². The Hall–Kier alpha value is -2.76. The first-order chi connectivity index (χ1) is 13.3. The third-order valence-electron chi connectivity index (χ3n) is 4.84. The summed E-state index contributed by atoms with van der Waals surface area (Å²) in [6.07, 6.45) is 10.6. The van der Waals surface area contributed by atoms with Crippen molar-refractivity contribution in [3.05, 3.63) is 59.1 Å². The van der Waals surface area contributed by atoms with Gasteiger partial charge in [0.25, 0.3) is 0 Å². The average Bonchev–Trinajstić information content (AvgIpc) is 2.88. The maximum Gasteiger partial charge on any atom is 0.222 e. The van der Waals surface area contributed by atoms with Gasteiger partial charge in [0.15, 0.2) is 11.5 Å². The molecule has 0 radical (unpaired) electrons. The SMILES string of the molecule is Cc1cn2cc(C3=CCCCc4nc(NCC(C)(C)C)ncc43)cc(F)c2n1. The highest BCUT2D eigenvalue weighted by molar-refractivity contribution is 5.81. The van der Waals surface area contributed by atoms with Gasteiger partial charge in [-0.1, -0.05) is 26.8 Å². The van der Waals surface area contributed by atoms with Gasteiger partial charge in [-0.05, 0) is 43.2 Å². The number of anilines is 1. The number of aromatic nitrogens is 4. The van der Waals surface area contributed by atoms with Crippen molar-refractivity contribution in [1.82, 2.24) is 19.4 Å². The Kier molecular flexibility index (Phi) is 4.65. The maximum atomic E-state index is 14.6. The van der Waals surface area contributed by atoms with Crippen LogP contribution in [0.25, 0.3) is 11.2 Å². The van der Waals surface area contributed by atoms with Gasteiger partial charge >= 0.3 is 0 Å². The molecule has 3 heterocycles. The van der Waals surface area contributed by atoms with E-state index >= 15 is 0 Å². The number of hydrogen-bond donors (Lipinski definition) is 1. The summed E-state index contributed by atoms with van der Waals surface area (Å²) in [7, 11) is 0. The number of allylic oxidation sites excluding steroid dienone is 1. The molecular weight excluding hydrogens is 353 g/mol. The van der Waals surface area contributed by atoms with Crippen LogP contribution in [0.5, 0.6) is 0 Å². The van der Waals surface area contributed by atoms with Crippen molar-refractivity contribution < 1.29 is 4.39 Å². The molecule has 6 heteroatoms. The first-order valence-electron chi connectivity index (χ1n) is 9.76. The van der Waals surface area contributed by atoms with Gasteiger partial charge in [0, 0.05) is 36.3 Å². The molecular formula is C22H26FN5. The summed E-state index contributed by atoms with van der Waals surface area (Å²) in [5, 5.41) is 3.33. The number of nitrogens with one attached hydrogen (secondary N) is 1. The van der Waals surface area contributed by atoms with Crippen LogP contribution in [0.15, 0.2) is 30.7 Å². The smallest absolute Gasteiger partial charge is 0.222 e. The Bertz CT molecular complexity index is 1060. The van der Waals surface area contributed by atoms with Crippen LogP contribution in [0.4, 0.5) is 10.3 Å². The van der Waals surface area contributed by atoms with Gasteiger partial charge < -0.3 is 9.72 Å². The van der Waals surface area contributed by atoms with Gasteiger partial charge in [0.05, 0.1) is 11.4 Å². The predicted molar refractivity (Wildman–Crippen MR) is 110 cm³/mol. The van der Waals surface area contributed by atoms with Crippen LogP contribution in [-0.4, -0.2) is 25.9 Å². The summed E-state index contributed by atoms with van der Waals surface area (Å²) in [6.45, 7) is 9.19. The van der Waals surface area contributed by atoms with Crippen molar-refractivity contribution in [3.63, 3.8) is 0 Å². The summed E-state index contributed by atoms with van der Waals surface area (Å²) in [6, 6.07) is 1.56. The van der Waals surface area contributed by atoms with E-state index in [-0.39, 0.29) is 11.2 Å². The number of rotatable bonds is 3. The van der Waals surface area contributed by atoms with E-state index in [1.54, 1.807) is 10.5 Å². The maximum absolute atomic E-state index is 14.6. The van der Waals surface area contributed by atoms with Crippen molar-refractivity contribution in [1.29, 1.82) is 0 Å². The fourth-order valence-corrected chi connectivity index (χ4v) is 3.49. The summed E-state index contributed by atoms with van der Waals surface area (Å²) in [5.74, 6) is 0.337. The van der Waals surface area contributed by atoms with Crippen molar-refractivity contribution in [3.8, 4) is 0 Å². The Morgan fingerprint density at radius 3 is 2.82 bits per heavy atom. The normalized spacial score (nSPS) is 14.5. The molecule has 146 valence electrons. The lowest BCUT2D eigenvalue weighted by molar-refractivity contribution is 0.441. The van der Waals surface area contributed by atoms with Gasteiger partial charge in [-0.3, -0.25) is 0 Å². The van der Waals surface area contributed by atoms with E-state index < -0.39 is 0 Å². The largest absolute Gasteiger partial charge is 0.354 e. The Morgan fingerprint density at radius 2 is 2.04 bits per heavy atom. The predicted octanol–water partition coefficient (Wildman–Crippen LogP) is 4.80. The fraction of sp³-hybridized carbons (Fsp3) is 0.409. The summed E-state index contributed by atoms with van der Waals surface area (Å²) in [4.78, 5) is 13.5. The molecule has 0 aliphatic heterocycles. The lowest BCUT2D eigenvalue weighted by atomic mass is 9.97. The molecule has 0 atom stereocenters. The molecule has 1 N–H and O–H groups in total. The van der Waals surface area contributed by atoms with Gasteiger partial charge in [0.2, 0.25) is 5.95 Å². The van der Waals surface area contributed by atoms with Crippen LogP contribution < -0.4 is 5.32 Å². The minimum absolute atomic E-state index is 0.150. The molecule has 0 amide bonds. The zero-order chi connectivity index (χ0) is 19.9. The minimum Gasteiger partial charge on any atom is -0.354 e. The highest BCUT2D eigenvalue weighted by Crippen LogP contribution is 2.31. The third-order valence-corrected chi connectivity index (χ3v) is 4.84. The van der Waals surface area contributed by atoms with Crippen LogP contribution in [0.3, 0.4) is 0 Å². The van der Waals surface area contributed by atoms with E-state index in [2.05, 4.69) is 42.1 Å². The highest BCUT2D eigenvalue weighted by atomic mass is 19.1. The number of pyridine rings is 1. The van der Waals surface area contributed by atoms with Crippen molar-refractivity contribution >= 4 is 17.2 Å². The standard InChI is InChI=1S/C22H26FN5/c1-14-11-28-12-15(9-18(23)20(28)26-14)16-7-5-6-8-19-17(16)10-24-21(27-19)25-13-22(2,3)4/h7,9-12H,5-6,8,13H2,1-4H3,(H,24,25,27). The number of hydrogen-bond acceptors (Lipinski definition) is 4. The molecule has 5 nitrogen and oxygen atoms in total. The number of fused-ring (bicyclic) bond motifs is 2.